The third-order valence-corrected chi connectivity index (χ3v) is 6.41. The third-order valence-electron chi connectivity index (χ3n) is 5.41. The van der Waals surface area contributed by atoms with Crippen LogP contribution < -0.4 is 5.73 Å². The van der Waals surface area contributed by atoms with Crippen molar-refractivity contribution >= 4 is 23.6 Å². The van der Waals surface area contributed by atoms with Crippen LogP contribution in [0.2, 0.25) is 0 Å². The maximum atomic E-state index is 12.7. The fourth-order valence-corrected chi connectivity index (χ4v) is 4.88. The molecule has 8 heteroatoms. The first-order valence-electron chi connectivity index (χ1n) is 9.15. The molecule has 1 saturated carbocycles. The van der Waals surface area contributed by atoms with E-state index in [1.807, 2.05) is 11.6 Å². The lowest BCUT2D eigenvalue weighted by Crippen LogP contribution is -2.50. The maximum absolute atomic E-state index is 12.7. The Hall–Kier alpha value is -1.57. The van der Waals surface area contributed by atoms with E-state index >= 15 is 0 Å². The van der Waals surface area contributed by atoms with Crippen LogP contribution in [0.4, 0.5) is 0 Å². The van der Waals surface area contributed by atoms with Crippen molar-refractivity contribution in [2.45, 2.75) is 62.6 Å². The number of fused-ring (bicyclic) bond motifs is 1. The van der Waals surface area contributed by atoms with Crippen LogP contribution in [-0.4, -0.2) is 49.8 Å². The minimum Gasteiger partial charge on any atom is -0.370 e. The number of nitrogens with two attached hydrogens (primary N) is 1. The number of thioether (sulfide) groups is 1. The molecule has 1 aromatic rings. The minimum absolute atomic E-state index is 0.211. The first kappa shape index (κ1) is 18.2. The standard InChI is InChI=1S/C17H27N5O2S/c1-21-15(9-8-14(18)23)19-20-17(21)25-11-16(24)22-10-4-6-12-5-2-3-7-13(12)22/h12-13H,2-11H2,1H3,(H2,18,23)/t12-,13-/m0/s1. The summed E-state index contributed by atoms with van der Waals surface area (Å²) in [6.07, 6.45) is 8.11. The molecule has 0 bridgehead atoms. The molecular formula is C17H27N5O2S. The molecule has 1 aliphatic carbocycles. The first-order chi connectivity index (χ1) is 12.1. The van der Waals surface area contributed by atoms with Gasteiger partial charge in [0, 0.05) is 32.5 Å². The number of piperidine rings is 1. The van der Waals surface area contributed by atoms with Gasteiger partial charge >= 0.3 is 0 Å². The van der Waals surface area contributed by atoms with Gasteiger partial charge in [0.15, 0.2) is 5.16 Å². The molecular weight excluding hydrogens is 338 g/mol. The highest BCUT2D eigenvalue weighted by Gasteiger charge is 2.35. The quantitative estimate of drug-likeness (QED) is 0.771. The predicted octanol–water partition coefficient (Wildman–Crippen LogP) is 1.51. The predicted molar refractivity (Wildman–Crippen MR) is 95.9 cm³/mol. The zero-order valence-corrected chi connectivity index (χ0v) is 15.6. The van der Waals surface area contributed by atoms with Crippen molar-refractivity contribution in [3.05, 3.63) is 5.82 Å². The Morgan fingerprint density at radius 3 is 2.76 bits per heavy atom. The largest absolute Gasteiger partial charge is 0.370 e. The van der Waals surface area contributed by atoms with Crippen molar-refractivity contribution < 1.29 is 9.59 Å². The van der Waals surface area contributed by atoms with Gasteiger partial charge in [-0.1, -0.05) is 24.6 Å². The summed E-state index contributed by atoms with van der Waals surface area (Å²) in [4.78, 5) is 25.8. The molecule has 7 nitrogen and oxygen atoms in total. The summed E-state index contributed by atoms with van der Waals surface area (Å²) in [6, 6.07) is 0.446. The molecule has 0 unspecified atom stereocenters. The summed E-state index contributed by atoms with van der Waals surface area (Å²) in [6.45, 7) is 0.892. The Balaban J connectivity index is 1.56. The van der Waals surface area contributed by atoms with Gasteiger partial charge < -0.3 is 15.2 Å². The van der Waals surface area contributed by atoms with E-state index in [1.54, 1.807) is 0 Å². The first-order valence-corrected chi connectivity index (χ1v) is 10.1. The van der Waals surface area contributed by atoms with Crippen molar-refractivity contribution in [1.82, 2.24) is 19.7 Å². The molecule has 3 rings (SSSR count). The number of aromatic nitrogens is 3. The summed E-state index contributed by atoms with van der Waals surface area (Å²) in [7, 11) is 1.86. The van der Waals surface area contributed by atoms with Gasteiger partial charge in [-0.25, -0.2) is 0 Å². The highest BCUT2D eigenvalue weighted by atomic mass is 32.2. The Labute approximate surface area is 152 Å². The number of nitrogens with zero attached hydrogens (tertiary/aromatic N) is 4. The molecule has 2 amide bonds. The van der Waals surface area contributed by atoms with Gasteiger partial charge in [-0.2, -0.15) is 0 Å². The van der Waals surface area contributed by atoms with Gasteiger partial charge in [-0.3, -0.25) is 9.59 Å². The maximum Gasteiger partial charge on any atom is 0.233 e. The van der Waals surface area contributed by atoms with Crippen LogP contribution in [0.5, 0.6) is 0 Å². The van der Waals surface area contributed by atoms with Crippen molar-refractivity contribution in [1.29, 1.82) is 0 Å². The summed E-state index contributed by atoms with van der Waals surface area (Å²) >= 11 is 1.43. The number of carbonyl (C=O) groups is 2. The molecule has 1 aliphatic heterocycles. The van der Waals surface area contributed by atoms with Gasteiger partial charge in [0.1, 0.15) is 5.82 Å². The van der Waals surface area contributed by atoms with Crippen LogP contribution in [0.3, 0.4) is 0 Å². The summed E-state index contributed by atoms with van der Waals surface area (Å²) in [5.41, 5.74) is 5.18. The molecule has 2 atom stereocenters. The van der Waals surface area contributed by atoms with E-state index in [9.17, 15) is 9.59 Å². The van der Waals surface area contributed by atoms with E-state index in [2.05, 4.69) is 15.1 Å². The van der Waals surface area contributed by atoms with Crippen LogP contribution >= 0.6 is 11.8 Å². The fourth-order valence-electron chi connectivity index (χ4n) is 4.07. The number of rotatable bonds is 6. The topological polar surface area (TPSA) is 94.1 Å². The molecule has 1 saturated heterocycles. The molecule has 0 radical (unpaired) electrons. The number of hydrogen-bond acceptors (Lipinski definition) is 5. The lowest BCUT2D eigenvalue weighted by atomic mass is 9.78. The number of aryl methyl sites for hydroxylation is 1. The molecule has 0 aromatic carbocycles. The highest BCUT2D eigenvalue weighted by Crippen LogP contribution is 2.35. The van der Waals surface area contributed by atoms with Crippen LogP contribution in [-0.2, 0) is 23.1 Å². The van der Waals surface area contributed by atoms with Gasteiger partial charge in [0.05, 0.1) is 5.75 Å². The second-order valence-electron chi connectivity index (χ2n) is 7.05. The SMILES string of the molecule is Cn1c(CCC(N)=O)nnc1SCC(=O)N1CCC[C@@H]2CCCC[C@@H]21. The number of likely N-dealkylation sites (tertiary alicyclic amines) is 1. The average Bonchev–Trinajstić information content (AvgIpc) is 2.97. The lowest BCUT2D eigenvalue weighted by Gasteiger charge is -2.44. The summed E-state index contributed by atoms with van der Waals surface area (Å²) < 4.78 is 1.85. The normalized spacial score (nSPS) is 23.3. The Morgan fingerprint density at radius 1 is 1.20 bits per heavy atom. The second kappa shape index (κ2) is 8.21. The van der Waals surface area contributed by atoms with E-state index < -0.39 is 0 Å². The summed E-state index contributed by atoms with van der Waals surface area (Å²) in [5, 5.41) is 8.96. The zero-order chi connectivity index (χ0) is 17.8. The van der Waals surface area contributed by atoms with Crippen molar-refractivity contribution in [2.24, 2.45) is 18.7 Å². The van der Waals surface area contributed by atoms with E-state index in [0.717, 1.165) is 25.2 Å². The molecule has 2 heterocycles. The molecule has 2 N–H and O–H groups in total. The van der Waals surface area contributed by atoms with Gasteiger partial charge in [-0.15, -0.1) is 10.2 Å². The molecule has 2 aliphatic rings. The third kappa shape index (κ3) is 4.34. The highest BCUT2D eigenvalue weighted by molar-refractivity contribution is 7.99. The second-order valence-corrected chi connectivity index (χ2v) is 8.00. The van der Waals surface area contributed by atoms with Gasteiger partial charge in [0.2, 0.25) is 11.8 Å². The van der Waals surface area contributed by atoms with E-state index in [4.69, 9.17) is 5.73 Å². The Kier molecular flexibility index (Phi) is 5.98. The lowest BCUT2D eigenvalue weighted by molar-refractivity contribution is -0.134. The monoisotopic (exact) mass is 365 g/mol. The Morgan fingerprint density at radius 2 is 1.96 bits per heavy atom. The Bertz CT molecular complexity index is 631. The fraction of sp³-hybridized carbons (Fsp3) is 0.765. The van der Waals surface area contributed by atoms with Gasteiger partial charge in [0.25, 0.3) is 0 Å². The minimum atomic E-state index is -0.348. The molecule has 2 fully saturated rings. The molecule has 25 heavy (non-hydrogen) atoms. The summed E-state index contributed by atoms with van der Waals surface area (Å²) in [5.74, 6) is 1.68. The van der Waals surface area contributed by atoms with Crippen LogP contribution in [0.15, 0.2) is 5.16 Å². The number of hydrogen-bond donors (Lipinski definition) is 1. The zero-order valence-electron chi connectivity index (χ0n) is 14.8. The van der Waals surface area contributed by atoms with E-state index in [0.29, 0.717) is 29.3 Å². The smallest absolute Gasteiger partial charge is 0.233 e. The van der Waals surface area contributed by atoms with Crippen LogP contribution in [0.25, 0.3) is 0 Å². The number of amides is 2. The van der Waals surface area contributed by atoms with Crippen LogP contribution in [0, 0.1) is 5.92 Å². The number of carbonyl (C=O) groups excluding carboxylic acids is 2. The molecule has 138 valence electrons. The molecule has 0 spiro atoms. The number of primary amides is 1. The van der Waals surface area contributed by atoms with Crippen molar-refractivity contribution in [3.8, 4) is 0 Å². The van der Waals surface area contributed by atoms with Crippen molar-refractivity contribution in [3.63, 3.8) is 0 Å². The average molecular weight is 366 g/mol. The van der Waals surface area contributed by atoms with Crippen LogP contribution in [0.1, 0.15) is 50.8 Å². The van der Waals surface area contributed by atoms with Gasteiger partial charge in [-0.05, 0) is 31.6 Å². The van der Waals surface area contributed by atoms with Crippen molar-refractivity contribution in [2.75, 3.05) is 12.3 Å². The van der Waals surface area contributed by atoms with E-state index in [-0.39, 0.29) is 18.2 Å². The van der Waals surface area contributed by atoms with E-state index in [1.165, 1.54) is 37.4 Å². The molecule has 1 aromatic heterocycles.